The van der Waals surface area contributed by atoms with E-state index in [1.165, 1.54) is 6.07 Å². The van der Waals surface area contributed by atoms with Crippen LogP contribution in [0.2, 0.25) is 5.02 Å². The molecular formula is C25H16ClN3O2S. The minimum Gasteiger partial charge on any atom is -0.321 e. The summed E-state index contributed by atoms with van der Waals surface area (Å²) in [5.74, 6) is 0. The van der Waals surface area contributed by atoms with E-state index in [2.05, 4.69) is 15.0 Å². The smallest absolute Gasteiger partial charge is 0.263 e. The van der Waals surface area contributed by atoms with Crippen molar-refractivity contribution >= 4 is 34.3 Å². The van der Waals surface area contributed by atoms with Gasteiger partial charge in [0.25, 0.3) is 11.1 Å². The van der Waals surface area contributed by atoms with Crippen molar-refractivity contribution in [1.82, 2.24) is 15.0 Å². The molecular weight excluding hydrogens is 442 g/mol. The lowest BCUT2D eigenvalue weighted by Gasteiger charge is -2.13. The van der Waals surface area contributed by atoms with Gasteiger partial charge in [-0.05, 0) is 29.5 Å². The third-order valence-corrected chi connectivity index (χ3v) is 6.20. The molecule has 5 aromatic rings. The summed E-state index contributed by atoms with van der Waals surface area (Å²) in [7, 11) is 0. The van der Waals surface area contributed by atoms with Gasteiger partial charge in [0.2, 0.25) is 0 Å². The van der Waals surface area contributed by atoms with Gasteiger partial charge < -0.3 is 9.97 Å². The maximum Gasteiger partial charge on any atom is 0.263 e. The fraction of sp³-hybridized carbons (Fsp3) is 0. The van der Waals surface area contributed by atoms with Crippen LogP contribution in [-0.4, -0.2) is 15.0 Å². The van der Waals surface area contributed by atoms with Crippen LogP contribution in [-0.2, 0) is 0 Å². The predicted molar refractivity (Wildman–Crippen MR) is 129 cm³/mol. The molecule has 156 valence electrons. The molecule has 0 unspecified atom stereocenters. The lowest BCUT2D eigenvalue weighted by molar-refractivity contribution is 0.941. The quantitative estimate of drug-likeness (QED) is 0.337. The SMILES string of the molecule is O=c1cc(-c2ccccc2)nc(Sc2c(-c3ccccc3)c3ccc(Cl)cc3[nH]c2=O)[nH]1. The summed E-state index contributed by atoms with van der Waals surface area (Å²) in [6, 6.07) is 26.0. The molecule has 5 rings (SSSR count). The highest BCUT2D eigenvalue weighted by atomic mass is 35.5. The first-order valence-corrected chi connectivity index (χ1v) is 11.0. The Morgan fingerprint density at radius 1 is 0.781 bits per heavy atom. The summed E-state index contributed by atoms with van der Waals surface area (Å²) in [6.45, 7) is 0. The van der Waals surface area contributed by atoms with Gasteiger partial charge in [-0.2, -0.15) is 0 Å². The molecule has 0 aliphatic carbocycles. The molecule has 0 aliphatic rings. The summed E-state index contributed by atoms with van der Waals surface area (Å²) in [6.07, 6.45) is 0. The van der Waals surface area contributed by atoms with E-state index in [0.29, 0.717) is 26.3 Å². The van der Waals surface area contributed by atoms with Crippen molar-refractivity contribution in [3.63, 3.8) is 0 Å². The van der Waals surface area contributed by atoms with Gasteiger partial charge in [0.05, 0.1) is 16.1 Å². The van der Waals surface area contributed by atoms with Gasteiger partial charge in [-0.3, -0.25) is 9.59 Å². The van der Waals surface area contributed by atoms with Crippen LogP contribution < -0.4 is 11.1 Å². The van der Waals surface area contributed by atoms with E-state index in [4.69, 9.17) is 11.6 Å². The number of nitrogens with zero attached hydrogens (tertiary/aromatic N) is 1. The molecule has 0 spiro atoms. The second-order valence-corrected chi connectivity index (χ2v) is 8.55. The molecule has 0 fully saturated rings. The average molecular weight is 458 g/mol. The van der Waals surface area contributed by atoms with Crippen molar-refractivity contribution in [3.8, 4) is 22.4 Å². The minimum atomic E-state index is -0.286. The Bertz CT molecular complexity index is 1550. The number of hydrogen-bond acceptors (Lipinski definition) is 4. The van der Waals surface area contributed by atoms with E-state index in [0.717, 1.165) is 33.8 Å². The van der Waals surface area contributed by atoms with Crippen LogP contribution in [0.4, 0.5) is 0 Å². The fourth-order valence-electron chi connectivity index (χ4n) is 3.58. The monoisotopic (exact) mass is 457 g/mol. The molecule has 0 aliphatic heterocycles. The van der Waals surface area contributed by atoms with E-state index in [9.17, 15) is 9.59 Å². The zero-order chi connectivity index (χ0) is 22.1. The normalized spacial score (nSPS) is 11.0. The molecule has 7 heteroatoms. The lowest BCUT2D eigenvalue weighted by Crippen LogP contribution is -2.13. The Kier molecular flexibility index (Phi) is 5.39. The van der Waals surface area contributed by atoms with Crippen molar-refractivity contribution in [3.05, 3.63) is 111 Å². The number of H-pyrrole nitrogens is 2. The molecule has 0 saturated carbocycles. The van der Waals surface area contributed by atoms with Crippen LogP contribution >= 0.6 is 23.4 Å². The maximum absolute atomic E-state index is 13.1. The minimum absolute atomic E-state index is 0.281. The van der Waals surface area contributed by atoms with Crippen LogP contribution in [0.5, 0.6) is 0 Å². The molecule has 3 aromatic carbocycles. The van der Waals surface area contributed by atoms with Crippen LogP contribution in [0.1, 0.15) is 0 Å². The molecule has 0 saturated heterocycles. The molecule has 0 atom stereocenters. The summed E-state index contributed by atoms with van der Waals surface area (Å²) >= 11 is 7.29. The van der Waals surface area contributed by atoms with E-state index in [1.54, 1.807) is 12.1 Å². The highest BCUT2D eigenvalue weighted by Gasteiger charge is 2.18. The number of aromatic nitrogens is 3. The molecule has 32 heavy (non-hydrogen) atoms. The molecule has 0 amide bonds. The number of fused-ring (bicyclic) bond motifs is 1. The molecule has 2 N–H and O–H groups in total. The molecule has 0 radical (unpaired) electrons. The van der Waals surface area contributed by atoms with E-state index < -0.39 is 0 Å². The first kappa shape index (κ1) is 20.3. The van der Waals surface area contributed by atoms with E-state index in [1.807, 2.05) is 66.7 Å². The second-order valence-electron chi connectivity index (χ2n) is 7.12. The van der Waals surface area contributed by atoms with Crippen molar-refractivity contribution in [1.29, 1.82) is 0 Å². The molecule has 2 aromatic heterocycles. The highest BCUT2D eigenvalue weighted by molar-refractivity contribution is 7.99. The molecule has 2 heterocycles. The van der Waals surface area contributed by atoms with Gasteiger partial charge in [0.1, 0.15) is 0 Å². The van der Waals surface area contributed by atoms with Crippen molar-refractivity contribution in [2.24, 2.45) is 0 Å². The van der Waals surface area contributed by atoms with Crippen molar-refractivity contribution < 1.29 is 0 Å². The Labute approximate surface area is 192 Å². The zero-order valence-corrected chi connectivity index (χ0v) is 18.2. The number of nitrogens with one attached hydrogen (secondary N) is 2. The van der Waals surface area contributed by atoms with Crippen LogP contribution in [0, 0.1) is 0 Å². The van der Waals surface area contributed by atoms with Crippen LogP contribution in [0.25, 0.3) is 33.3 Å². The first-order chi connectivity index (χ1) is 15.6. The highest BCUT2D eigenvalue weighted by Crippen LogP contribution is 2.37. The second kappa shape index (κ2) is 8.49. The zero-order valence-electron chi connectivity index (χ0n) is 16.6. The first-order valence-electron chi connectivity index (χ1n) is 9.84. The Morgan fingerprint density at radius 2 is 1.47 bits per heavy atom. The van der Waals surface area contributed by atoms with Crippen LogP contribution in [0.3, 0.4) is 0 Å². The van der Waals surface area contributed by atoms with E-state index in [-0.39, 0.29) is 11.1 Å². The average Bonchev–Trinajstić information content (AvgIpc) is 2.80. The van der Waals surface area contributed by atoms with Crippen LogP contribution in [0.15, 0.2) is 105 Å². The van der Waals surface area contributed by atoms with Gasteiger partial charge in [-0.25, -0.2) is 4.98 Å². The number of pyridine rings is 1. The topological polar surface area (TPSA) is 78.6 Å². The summed E-state index contributed by atoms with van der Waals surface area (Å²) in [5, 5.41) is 1.73. The van der Waals surface area contributed by atoms with Gasteiger partial charge in [0, 0.05) is 27.6 Å². The number of hydrogen-bond donors (Lipinski definition) is 2. The Morgan fingerprint density at radius 3 is 2.19 bits per heavy atom. The number of rotatable bonds is 4. The lowest BCUT2D eigenvalue weighted by atomic mass is 10.0. The molecule has 5 nitrogen and oxygen atoms in total. The number of halogens is 1. The summed E-state index contributed by atoms with van der Waals surface area (Å²) in [4.78, 5) is 36.2. The van der Waals surface area contributed by atoms with Crippen molar-refractivity contribution in [2.45, 2.75) is 10.1 Å². The van der Waals surface area contributed by atoms with Gasteiger partial charge in [0.15, 0.2) is 5.16 Å². The third-order valence-electron chi connectivity index (χ3n) is 4.98. The predicted octanol–water partition coefficient (Wildman–Crippen LogP) is 5.75. The Balaban J connectivity index is 1.71. The number of benzene rings is 3. The molecule has 0 bridgehead atoms. The number of aromatic amines is 2. The standard InChI is InChI=1S/C25H16ClN3O2S/c26-17-11-12-18-20(13-17)27-24(31)23(22(18)16-9-5-2-6-10-16)32-25-28-19(14-21(30)29-25)15-7-3-1-4-8-15/h1-14H,(H,27,31)(H,28,29,30). The van der Waals surface area contributed by atoms with Gasteiger partial charge >= 0.3 is 0 Å². The third kappa shape index (κ3) is 3.98. The van der Waals surface area contributed by atoms with Crippen molar-refractivity contribution in [2.75, 3.05) is 0 Å². The van der Waals surface area contributed by atoms with E-state index >= 15 is 0 Å². The Hall–Kier alpha value is -3.61. The maximum atomic E-state index is 13.1. The fourth-order valence-corrected chi connectivity index (χ4v) is 4.71. The van der Waals surface area contributed by atoms with Gasteiger partial charge in [-0.15, -0.1) is 0 Å². The summed E-state index contributed by atoms with van der Waals surface area (Å²) < 4.78 is 0. The largest absolute Gasteiger partial charge is 0.321 e. The van der Waals surface area contributed by atoms with Gasteiger partial charge in [-0.1, -0.05) is 78.3 Å². The summed E-state index contributed by atoms with van der Waals surface area (Å²) in [5.41, 5.74) is 3.09.